The summed E-state index contributed by atoms with van der Waals surface area (Å²) in [5, 5.41) is 22.4. The van der Waals surface area contributed by atoms with Crippen molar-refractivity contribution in [2.45, 2.75) is 20.0 Å². The summed E-state index contributed by atoms with van der Waals surface area (Å²) in [5.74, 6) is -1.83. The van der Waals surface area contributed by atoms with Gasteiger partial charge in [0.25, 0.3) is 0 Å². The lowest BCUT2D eigenvalue weighted by Gasteiger charge is -2.14. The summed E-state index contributed by atoms with van der Waals surface area (Å²) in [7, 11) is 1.75. The lowest BCUT2D eigenvalue weighted by Crippen LogP contribution is -2.19. The third-order valence-corrected chi connectivity index (χ3v) is 2.45. The zero-order valence-corrected chi connectivity index (χ0v) is 8.43. The van der Waals surface area contributed by atoms with Gasteiger partial charge in [-0.1, -0.05) is 0 Å². The number of carboxylic acid groups (broad SMARTS) is 1. The minimum Gasteiger partial charge on any atom is -0.481 e. The van der Waals surface area contributed by atoms with Gasteiger partial charge in [-0.15, -0.1) is 0 Å². The predicted molar refractivity (Wildman–Crippen MR) is 49.7 cm³/mol. The van der Waals surface area contributed by atoms with E-state index in [1.165, 1.54) is 13.1 Å². The number of aliphatic hydroxyl groups excluding tert-OH is 1. The van der Waals surface area contributed by atoms with Crippen LogP contribution in [0.1, 0.15) is 24.3 Å². The Bertz CT molecular complexity index is 346. The molecule has 0 aromatic carbocycles. The molecule has 0 amide bonds. The second-order valence-corrected chi connectivity index (χ2v) is 3.38. The van der Waals surface area contributed by atoms with Crippen molar-refractivity contribution in [3.8, 4) is 0 Å². The van der Waals surface area contributed by atoms with Gasteiger partial charge < -0.3 is 10.2 Å². The first kappa shape index (κ1) is 10.7. The molecule has 0 aliphatic carbocycles. The fourth-order valence-corrected chi connectivity index (χ4v) is 1.21. The summed E-state index contributed by atoms with van der Waals surface area (Å²) < 4.78 is 1.60. The van der Waals surface area contributed by atoms with Gasteiger partial charge in [-0.2, -0.15) is 5.10 Å². The Hall–Kier alpha value is -1.36. The quantitative estimate of drug-likeness (QED) is 0.740. The average molecular weight is 198 g/mol. The summed E-state index contributed by atoms with van der Waals surface area (Å²) in [6.07, 6.45) is 0.501. The van der Waals surface area contributed by atoms with Crippen molar-refractivity contribution in [2.24, 2.45) is 13.0 Å². The molecule has 0 bridgehead atoms. The highest BCUT2D eigenvalue weighted by Crippen LogP contribution is 2.24. The van der Waals surface area contributed by atoms with Crippen molar-refractivity contribution in [1.82, 2.24) is 9.78 Å². The highest BCUT2D eigenvalue weighted by molar-refractivity contribution is 5.70. The fraction of sp³-hybridized carbons (Fsp3) is 0.556. The van der Waals surface area contributed by atoms with Gasteiger partial charge in [0.05, 0.1) is 18.2 Å². The second-order valence-electron chi connectivity index (χ2n) is 3.38. The highest BCUT2D eigenvalue weighted by atomic mass is 16.4. The molecule has 0 aliphatic rings. The topological polar surface area (TPSA) is 75.3 Å². The molecule has 0 spiro atoms. The standard InChI is InChI=1S/C9H14N2O3/c1-5(9(13)14)8(12)7-4-10-11(3)6(7)2/h4-5,8,12H,1-3H3,(H,13,14). The number of aliphatic carboxylic acids is 1. The molecule has 1 aromatic heterocycles. The van der Waals surface area contributed by atoms with Crippen LogP contribution in [0.4, 0.5) is 0 Å². The zero-order chi connectivity index (χ0) is 10.9. The molecule has 0 fully saturated rings. The number of hydrogen-bond acceptors (Lipinski definition) is 3. The van der Waals surface area contributed by atoms with Crippen LogP contribution in [0.3, 0.4) is 0 Å². The van der Waals surface area contributed by atoms with E-state index in [1.807, 2.05) is 0 Å². The van der Waals surface area contributed by atoms with Gasteiger partial charge in [0, 0.05) is 18.3 Å². The van der Waals surface area contributed by atoms with Gasteiger partial charge in [-0.3, -0.25) is 9.48 Å². The van der Waals surface area contributed by atoms with E-state index >= 15 is 0 Å². The minimum absolute atomic E-state index is 0.572. The van der Waals surface area contributed by atoms with Crippen molar-refractivity contribution in [1.29, 1.82) is 0 Å². The van der Waals surface area contributed by atoms with E-state index in [-0.39, 0.29) is 0 Å². The van der Waals surface area contributed by atoms with Crippen molar-refractivity contribution in [3.05, 3.63) is 17.5 Å². The number of nitrogens with zero attached hydrogens (tertiary/aromatic N) is 2. The Morgan fingerprint density at radius 1 is 1.64 bits per heavy atom. The Morgan fingerprint density at radius 3 is 2.57 bits per heavy atom. The maximum atomic E-state index is 10.6. The molecule has 5 nitrogen and oxygen atoms in total. The van der Waals surface area contributed by atoms with Crippen LogP contribution >= 0.6 is 0 Å². The third-order valence-electron chi connectivity index (χ3n) is 2.45. The third kappa shape index (κ3) is 1.77. The van der Waals surface area contributed by atoms with Gasteiger partial charge in [0.1, 0.15) is 0 Å². The number of rotatable bonds is 3. The minimum atomic E-state index is -1.01. The number of hydrogen-bond donors (Lipinski definition) is 2. The maximum absolute atomic E-state index is 10.6. The van der Waals surface area contributed by atoms with Crippen LogP contribution < -0.4 is 0 Å². The molecule has 0 radical (unpaired) electrons. The molecule has 1 aromatic rings. The molecule has 1 rings (SSSR count). The SMILES string of the molecule is Cc1c(C(O)C(C)C(=O)O)cnn1C. The van der Waals surface area contributed by atoms with Crippen LogP contribution in [0.2, 0.25) is 0 Å². The predicted octanol–water partition coefficient (Wildman–Crippen LogP) is 0.483. The largest absolute Gasteiger partial charge is 0.481 e. The lowest BCUT2D eigenvalue weighted by atomic mass is 9.98. The Balaban J connectivity index is 2.94. The normalized spacial score (nSPS) is 15.1. The van der Waals surface area contributed by atoms with Crippen LogP contribution in [0.15, 0.2) is 6.20 Å². The molecule has 0 saturated carbocycles. The van der Waals surface area contributed by atoms with E-state index < -0.39 is 18.0 Å². The lowest BCUT2D eigenvalue weighted by molar-refractivity contribution is -0.145. The molecule has 14 heavy (non-hydrogen) atoms. The number of aromatic nitrogens is 2. The molecule has 78 valence electrons. The monoisotopic (exact) mass is 198 g/mol. The summed E-state index contributed by atoms with van der Waals surface area (Å²) in [6.45, 7) is 3.26. The highest BCUT2D eigenvalue weighted by Gasteiger charge is 2.25. The molecule has 0 saturated heterocycles. The first-order valence-electron chi connectivity index (χ1n) is 4.34. The number of aryl methyl sites for hydroxylation is 1. The Kier molecular flexibility index (Phi) is 2.90. The van der Waals surface area contributed by atoms with E-state index in [0.29, 0.717) is 5.56 Å². The molecule has 0 aliphatic heterocycles. The van der Waals surface area contributed by atoms with E-state index in [9.17, 15) is 9.90 Å². The van der Waals surface area contributed by atoms with Gasteiger partial charge in [0.2, 0.25) is 0 Å². The number of aliphatic hydroxyl groups is 1. The molecular formula is C9H14N2O3. The van der Waals surface area contributed by atoms with Crippen molar-refractivity contribution < 1.29 is 15.0 Å². The van der Waals surface area contributed by atoms with Crippen LogP contribution in [0.25, 0.3) is 0 Å². The number of carboxylic acids is 1. The van der Waals surface area contributed by atoms with Crippen LogP contribution in [0.5, 0.6) is 0 Å². The number of carbonyl (C=O) groups is 1. The smallest absolute Gasteiger partial charge is 0.309 e. The molecule has 2 N–H and O–H groups in total. The van der Waals surface area contributed by atoms with Crippen molar-refractivity contribution in [2.75, 3.05) is 0 Å². The van der Waals surface area contributed by atoms with E-state index in [4.69, 9.17) is 5.11 Å². The van der Waals surface area contributed by atoms with Crippen molar-refractivity contribution >= 4 is 5.97 Å². The van der Waals surface area contributed by atoms with Gasteiger partial charge in [0.15, 0.2) is 0 Å². The van der Waals surface area contributed by atoms with Crippen LogP contribution in [-0.4, -0.2) is 26.0 Å². The molecular weight excluding hydrogens is 184 g/mol. The van der Waals surface area contributed by atoms with Crippen LogP contribution in [-0.2, 0) is 11.8 Å². The summed E-state index contributed by atoms with van der Waals surface area (Å²) in [5.41, 5.74) is 1.35. The fourth-order valence-electron chi connectivity index (χ4n) is 1.21. The summed E-state index contributed by atoms with van der Waals surface area (Å²) in [4.78, 5) is 10.6. The zero-order valence-electron chi connectivity index (χ0n) is 8.43. The molecule has 2 unspecified atom stereocenters. The first-order valence-corrected chi connectivity index (χ1v) is 4.34. The Labute approximate surface area is 82.0 Å². The van der Waals surface area contributed by atoms with Crippen LogP contribution in [0, 0.1) is 12.8 Å². The van der Waals surface area contributed by atoms with E-state index in [1.54, 1.807) is 18.7 Å². The van der Waals surface area contributed by atoms with E-state index in [2.05, 4.69) is 5.10 Å². The summed E-state index contributed by atoms with van der Waals surface area (Å²) in [6, 6.07) is 0. The van der Waals surface area contributed by atoms with Gasteiger partial charge in [-0.05, 0) is 13.8 Å². The van der Waals surface area contributed by atoms with Gasteiger partial charge in [-0.25, -0.2) is 0 Å². The Morgan fingerprint density at radius 2 is 2.21 bits per heavy atom. The van der Waals surface area contributed by atoms with Crippen molar-refractivity contribution in [3.63, 3.8) is 0 Å². The summed E-state index contributed by atoms with van der Waals surface area (Å²) >= 11 is 0. The average Bonchev–Trinajstić information content (AvgIpc) is 2.45. The van der Waals surface area contributed by atoms with E-state index in [0.717, 1.165) is 5.69 Å². The molecule has 1 heterocycles. The first-order chi connectivity index (χ1) is 6.45. The molecule has 5 heteroatoms. The maximum Gasteiger partial charge on any atom is 0.309 e. The van der Waals surface area contributed by atoms with Gasteiger partial charge >= 0.3 is 5.97 Å². The second kappa shape index (κ2) is 3.79. The molecule has 2 atom stereocenters.